The number of hydrogen-bond acceptors (Lipinski definition) is 2. The Morgan fingerprint density at radius 3 is 1.93 bits per heavy atom. The van der Waals surface area contributed by atoms with Crippen LogP contribution in [0.3, 0.4) is 0 Å². The minimum atomic E-state index is 0.785. The number of aromatic nitrogens is 3. The Morgan fingerprint density at radius 1 is 0.767 bits per heavy atom. The maximum Gasteiger partial charge on any atom is 0.160 e. The van der Waals surface area contributed by atoms with Gasteiger partial charge in [-0.05, 0) is 29.8 Å². The Bertz CT molecular complexity index is 1030. The summed E-state index contributed by atoms with van der Waals surface area (Å²) in [4.78, 5) is 9.24. The number of fused-ring (bicyclic) bond motifs is 1. The van der Waals surface area contributed by atoms with Crippen LogP contribution in [0.2, 0.25) is 0 Å². The molecule has 0 radical (unpaired) electrons. The van der Waals surface area contributed by atoms with Gasteiger partial charge in [-0.3, -0.25) is 4.98 Å². The molecule has 2 heterocycles. The van der Waals surface area contributed by atoms with Gasteiger partial charge in [0, 0.05) is 12.7 Å². The minimum Gasteiger partial charge on any atom is -0.318 e. The smallest absolute Gasteiger partial charge is 0.160 e. The number of hydrogen-bond donors (Lipinski definition) is 0. The SMILES string of the molecule is [Br][Re].[C-]#[O+].[C-]#[O+].[C-]#[O+].c1ccc(Cn2c(-c3ccccn3)nc3ccccc32)cc1. The number of nitrogens with zero attached hydrogens (tertiary/aromatic N) is 3. The summed E-state index contributed by atoms with van der Waals surface area (Å²) < 4.78 is 24.7. The van der Waals surface area contributed by atoms with Crippen LogP contribution in [0.4, 0.5) is 0 Å². The van der Waals surface area contributed by atoms with E-state index in [1.165, 1.54) is 22.7 Å². The van der Waals surface area contributed by atoms with Crippen LogP contribution in [0.25, 0.3) is 22.6 Å². The van der Waals surface area contributed by atoms with Crippen LogP contribution in [-0.4, -0.2) is 14.5 Å². The number of para-hydroxylation sites is 2. The third-order valence-corrected chi connectivity index (χ3v) is 3.73. The van der Waals surface area contributed by atoms with E-state index in [2.05, 4.69) is 73.3 Å². The molecule has 0 N–H and O–H groups in total. The molecule has 0 aliphatic carbocycles. The summed E-state index contributed by atoms with van der Waals surface area (Å²) in [5.41, 5.74) is 4.28. The van der Waals surface area contributed by atoms with Gasteiger partial charge in [-0.2, -0.15) is 0 Å². The molecule has 2 aromatic carbocycles. The number of pyridine rings is 1. The Labute approximate surface area is 192 Å². The minimum absolute atomic E-state index is 0.785. The molecule has 0 aliphatic rings. The molecule has 0 fully saturated rings. The number of benzene rings is 2. The van der Waals surface area contributed by atoms with Crippen molar-refractivity contribution >= 4 is 24.5 Å². The van der Waals surface area contributed by atoms with Gasteiger partial charge in [-0.25, -0.2) is 4.98 Å². The van der Waals surface area contributed by atoms with E-state index in [1.807, 2.05) is 48.7 Å². The molecular formula is C22H15BrN3O3Re. The Balaban J connectivity index is 0.000000948. The van der Waals surface area contributed by atoms with Gasteiger partial charge in [-0.1, -0.05) is 48.5 Å². The van der Waals surface area contributed by atoms with E-state index in [1.54, 1.807) is 0 Å². The quantitative estimate of drug-likeness (QED) is 0.238. The average molecular weight is 635 g/mol. The number of halogens is 1. The zero-order valence-corrected chi connectivity index (χ0v) is 19.8. The van der Waals surface area contributed by atoms with Gasteiger partial charge in [0.25, 0.3) is 0 Å². The summed E-state index contributed by atoms with van der Waals surface area (Å²) in [5.74, 6) is 0.908. The molecule has 0 amide bonds. The maximum atomic E-state index is 7.50. The van der Waals surface area contributed by atoms with Crippen LogP contribution in [0.1, 0.15) is 5.56 Å². The first-order valence-corrected chi connectivity index (χ1v) is 14.0. The Kier molecular flexibility index (Phi) is 15.8. The molecule has 150 valence electrons. The predicted molar refractivity (Wildman–Crippen MR) is 109 cm³/mol. The number of imidazole rings is 1. The van der Waals surface area contributed by atoms with Crippen molar-refractivity contribution in [1.82, 2.24) is 14.5 Å². The van der Waals surface area contributed by atoms with Crippen molar-refractivity contribution < 1.29 is 31.1 Å². The van der Waals surface area contributed by atoms with E-state index in [0.717, 1.165) is 29.1 Å². The summed E-state index contributed by atoms with van der Waals surface area (Å²) in [7, 11) is 0. The average Bonchev–Trinajstić information content (AvgIpc) is 3.24. The fourth-order valence-corrected chi connectivity index (χ4v) is 2.69. The second-order valence-electron chi connectivity index (χ2n) is 5.21. The molecule has 0 unspecified atom stereocenters. The predicted octanol–water partition coefficient (Wildman–Crippen LogP) is 4.88. The molecule has 0 bridgehead atoms. The van der Waals surface area contributed by atoms with Gasteiger partial charge in [0.1, 0.15) is 5.69 Å². The second kappa shape index (κ2) is 17.3. The van der Waals surface area contributed by atoms with Crippen LogP contribution in [0, 0.1) is 20.0 Å². The van der Waals surface area contributed by atoms with Gasteiger partial charge in [0.2, 0.25) is 0 Å². The van der Waals surface area contributed by atoms with Gasteiger partial charge in [-0.15, -0.1) is 0 Å². The topological polar surface area (TPSA) is 90.4 Å². The van der Waals surface area contributed by atoms with Crippen molar-refractivity contribution in [1.29, 1.82) is 0 Å². The van der Waals surface area contributed by atoms with E-state index in [9.17, 15) is 0 Å². The van der Waals surface area contributed by atoms with Gasteiger partial charge >= 0.3 is 64.5 Å². The first-order valence-electron chi connectivity index (χ1n) is 8.08. The number of rotatable bonds is 3. The third kappa shape index (κ3) is 7.68. The Hall–Kier alpha value is -2.58. The van der Waals surface area contributed by atoms with Crippen molar-refractivity contribution in [2.75, 3.05) is 0 Å². The molecule has 0 saturated heterocycles. The van der Waals surface area contributed by atoms with E-state index in [4.69, 9.17) is 18.9 Å². The first kappa shape index (κ1) is 27.4. The van der Waals surface area contributed by atoms with Crippen molar-refractivity contribution in [3.05, 3.63) is 105 Å². The summed E-state index contributed by atoms with van der Waals surface area (Å²) >= 11 is 4.53. The molecule has 6 nitrogen and oxygen atoms in total. The summed E-state index contributed by atoms with van der Waals surface area (Å²) in [6.45, 7) is 14.3. The van der Waals surface area contributed by atoms with Gasteiger partial charge in [0.05, 0.1) is 11.0 Å². The molecule has 0 spiro atoms. The molecule has 30 heavy (non-hydrogen) atoms. The van der Waals surface area contributed by atoms with Crippen LogP contribution in [0.15, 0.2) is 79.0 Å². The molecule has 2 aromatic heterocycles. The van der Waals surface area contributed by atoms with E-state index < -0.39 is 0 Å². The zero-order chi connectivity index (χ0) is 22.8. The fraction of sp³-hybridized carbons (Fsp3) is 0.0455. The largest absolute Gasteiger partial charge is 0.318 e. The van der Waals surface area contributed by atoms with Crippen LogP contribution >= 0.6 is 13.4 Å². The van der Waals surface area contributed by atoms with Crippen molar-refractivity contribution in [2.24, 2.45) is 0 Å². The van der Waals surface area contributed by atoms with Crippen molar-refractivity contribution in [3.8, 4) is 11.5 Å². The molecule has 4 rings (SSSR count). The molecule has 4 aromatic rings. The zero-order valence-electron chi connectivity index (χ0n) is 15.5. The maximum absolute atomic E-state index is 7.50. The molecule has 0 aliphatic heterocycles. The van der Waals surface area contributed by atoms with Crippen LogP contribution in [-0.2, 0) is 37.7 Å². The van der Waals surface area contributed by atoms with Crippen molar-refractivity contribution in [3.63, 3.8) is 0 Å². The molecule has 0 saturated carbocycles. The van der Waals surface area contributed by atoms with E-state index >= 15 is 0 Å². The monoisotopic (exact) mass is 635 g/mol. The van der Waals surface area contributed by atoms with Crippen molar-refractivity contribution in [2.45, 2.75) is 6.54 Å². The molecule has 8 heteroatoms. The van der Waals surface area contributed by atoms with Crippen LogP contribution in [0.5, 0.6) is 0 Å². The standard InChI is InChI=1S/C19H15N3.3CO.BrH.Re/c1-2-8-15(9-3-1)14-22-18-12-5-4-10-16(18)21-19(22)17-11-6-7-13-20-17;3*1-2;;/h1-13H,14H2;;;;1H;/q;;;;;+1/p-1. The fourth-order valence-electron chi connectivity index (χ4n) is 2.69. The van der Waals surface area contributed by atoms with E-state index in [0.29, 0.717) is 0 Å². The summed E-state index contributed by atoms with van der Waals surface area (Å²) in [6, 6.07) is 24.6. The second-order valence-corrected chi connectivity index (χ2v) is 5.21. The molecule has 0 atom stereocenters. The van der Waals surface area contributed by atoms with Gasteiger partial charge < -0.3 is 4.57 Å². The summed E-state index contributed by atoms with van der Waals surface area (Å²) in [6.07, 6.45) is 1.81. The third-order valence-electron chi connectivity index (χ3n) is 3.73. The normalized spacial score (nSPS) is 8.40. The van der Waals surface area contributed by atoms with Gasteiger partial charge in [0.15, 0.2) is 5.82 Å². The van der Waals surface area contributed by atoms with Crippen LogP contribution < -0.4 is 0 Å². The molecular weight excluding hydrogens is 620 g/mol. The summed E-state index contributed by atoms with van der Waals surface area (Å²) in [5, 5.41) is 0. The van der Waals surface area contributed by atoms with E-state index in [-0.39, 0.29) is 0 Å². The first-order chi connectivity index (χ1) is 14.9. The Morgan fingerprint density at radius 2 is 1.33 bits per heavy atom.